The fourth-order valence-electron chi connectivity index (χ4n) is 1.51. The summed E-state index contributed by atoms with van der Waals surface area (Å²) in [4.78, 5) is 22.8. The molecule has 1 aromatic carbocycles. The number of benzene rings is 1. The molecule has 19 heavy (non-hydrogen) atoms. The third kappa shape index (κ3) is 5.30. The number of hydrogen-bond acceptors (Lipinski definition) is 2. The Labute approximate surface area is 120 Å². The number of carbonyl (C=O) groups excluding carboxylic acids is 2. The van der Waals surface area contributed by atoms with Gasteiger partial charge in [0.25, 0.3) is 0 Å². The molecule has 0 atom stereocenters. The maximum atomic E-state index is 11.5. The number of halogens is 1. The summed E-state index contributed by atoms with van der Waals surface area (Å²) in [6.07, 6.45) is 2.09. The lowest BCUT2D eigenvalue weighted by molar-refractivity contribution is -0.120. The highest BCUT2D eigenvalue weighted by atomic mass is 79.9. The first-order chi connectivity index (χ1) is 9.13. The van der Waals surface area contributed by atoms with Crippen LogP contribution in [0.4, 0.5) is 4.79 Å². The minimum absolute atomic E-state index is 0.0165. The number of urea groups is 1. The first-order valence-electron chi connectivity index (χ1n) is 6.19. The van der Waals surface area contributed by atoms with E-state index < -0.39 is 0 Å². The van der Waals surface area contributed by atoms with Crippen LogP contribution in [-0.2, 0) is 11.3 Å². The zero-order valence-corrected chi connectivity index (χ0v) is 12.0. The molecule has 2 rings (SSSR count). The number of amides is 3. The summed E-state index contributed by atoms with van der Waals surface area (Å²) in [7, 11) is 0. The lowest BCUT2D eigenvalue weighted by Crippen LogP contribution is -2.42. The van der Waals surface area contributed by atoms with Crippen molar-refractivity contribution >= 4 is 27.9 Å². The molecule has 1 aliphatic carbocycles. The molecule has 5 nitrogen and oxygen atoms in total. The third-order valence-corrected chi connectivity index (χ3v) is 3.25. The molecule has 3 N–H and O–H groups in total. The number of rotatable bonds is 5. The van der Waals surface area contributed by atoms with Crippen LogP contribution in [0.3, 0.4) is 0 Å². The molecule has 0 spiro atoms. The van der Waals surface area contributed by atoms with E-state index in [1.165, 1.54) is 0 Å². The van der Waals surface area contributed by atoms with Crippen LogP contribution in [0.15, 0.2) is 28.7 Å². The van der Waals surface area contributed by atoms with E-state index in [1.54, 1.807) is 0 Å². The second-order valence-electron chi connectivity index (χ2n) is 4.50. The van der Waals surface area contributed by atoms with Gasteiger partial charge in [-0.05, 0) is 30.5 Å². The van der Waals surface area contributed by atoms with Crippen LogP contribution in [0.2, 0.25) is 0 Å². The molecule has 0 bridgehead atoms. The Hall–Kier alpha value is -1.56. The molecule has 0 aromatic heterocycles. The normalized spacial score (nSPS) is 13.7. The minimum Gasteiger partial charge on any atom is -0.352 e. The molecule has 0 aliphatic heterocycles. The van der Waals surface area contributed by atoms with E-state index in [-0.39, 0.29) is 18.5 Å². The monoisotopic (exact) mass is 325 g/mol. The fraction of sp³-hybridized carbons (Fsp3) is 0.385. The average Bonchev–Trinajstić information content (AvgIpc) is 3.19. The Balaban J connectivity index is 1.63. The van der Waals surface area contributed by atoms with E-state index >= 15 is 0 Å². The topological polar surface area (TPSA) is 70.2 Å². The van der Waals surface area contributed by atoms with Gasteiger partial charge in [-0.2, -0.15) is 0 Å². The summed E-state index contributed by atoms with van der Waals surface area (Å²) < 4.78 is 0.998. The Bertz CT molecular complexity index is 457. The smallest absolute Gasteiger partial charge is 0.315 e. The predicted molar refractivity (Wildman–Crippen MR) is 75.5 cm³/mol. The van der Waals surface area contributed by atoms with Gasteiger partial charge in [0.2, 0.25) is 5.91 Å². The molecule has 3 amide bonds. The summed E-state index contributed by atoms with van der Waals surface area (Å²) in [5.41, 5.74) is 1.00. The first-order valence-corrected chi connectivity index (χ1v) is 6.98. The Morgan fingerprint density at radius 3 is 2.47 bits per heavy atom. The van der Waals surface area contributed by atoms with Crippen molar-refractivity contribution in [3.8, 4) is 0 Å². The highest BCUT2D eigenvalue weighted by Gasteiger charge is 2.23. The summed E-state index contributed by atoms with van der Waals surface area (Å²) in [6.45, 7) is 0.450. The molecule has 0 unspecified atom stereocenters. The molecule has 102 valence electrons. The van der Waals surface area contributed by atoms with Gasteiger partial charge in [-0.1, -0.05) is 28.1 Å². The molecular formula is C13H16BrN3O2. The minimum atomic E-state index is -0.339. The van der Waals surface area contributed by atoms with Gasteiger partial charge in [-0.3, -0.25) is 4.79 Å². The van der Waals surface area contributed by atoms with Gasteiger partial charge < -0.3 is 16.0 Å². The van der Waals surface area contributed by atoms with E-state index in [0.717, 1.165) is 22.9 Å². The summed E-state index contributed by atoms with van der Waals surface area (Å²) in [5, 5.41) is 8.03. The lowest BCUT2D eigenvalue weighted by atomic mass is 10.2. The Kier molecular flexibility index (Phi) is 4.79. The molecule has 1 aliphatic rings. The van der Waals surface area contributed by atoms with Crippen LogP contribution in [-0.4, -0.2) is 24.5 Å². The lowest BCUT2D eigenvalue weighted by Gasteiger charge is -2.08. The molecular weight excluding hydrogens is 310 g/mol. The van der Waals surface area contributed by atoms with Gasteiger partial charge in [0.05, 0.1) is 6.54 Å². The van der Waals surface area contributed by atoms with Crippen LogP contribution < -0.4 is 16.0 Å². The number of nitrogens with one attached hydrogen (secondary N) is 3. The quantitative estimate of drug-likeness (QED) is 0.768. The van der Waals surface area contributed by atoms with E-state index in [0.29, 0.717) is 12.6 Å². The average molecular weight is 326 g/mol. The van der Waals surface area contributed by atoms with Crippen LogP contribution in [0.1, 0.15) is 18.4 Å². The standard InChI is InChI=1S/C13H16BrN3O2/c14-10-3-1-9(2-4-10)7-15-13(19)16-8-12(18)17-11-5-6-11/h1-4,11H,5-8H2,(H,17,18)(H2,15,16,19). The fourth-order valence-corrected chi connectivity index (χ4v) is 1.78. The first kappa shape index (κ1) is 13.9. The molecule has 1 aromatic rings. The van der Waals surface area contributed by atoms with Crippen molar-refractivity contribution in [1.29, 1.82) is 0 Å². The zero-order valence-electron chi connectivity index (χ0n) is 10.4. The van der Waals surface area contributed by atoms with Crippen LogP contribution in [0.25, 0.3) is 0 Å². The predicted octanol–water partition coefficient (Wildman–Crippen LogP) is 1.53. The van der Waals surface area contributed by atoms with Gasteiger partial charge in [0.15, 0.2) is 0 Å². The number of hydrogen-bond donors (Lipinski definition) is 3. The van der Waals surface area contributed by atoms with E-state index in [4.69, 9.17) is 0 Å². The molecule has 0 radical (unpaired) electrons. The highest BCUT2D eigenvalue weighted by molar-refractivity contribution is 9.10. The molecule has 6 heteroatoms. The van der Waals surface area contributed by atoms with Gasteiger partial charge >= 0.3 is 6.03 Å². The van der Waals surface area contributed by atoms with Gasteiger partial charge in [-0.15, -0.1) is 0 Å². The Morgan fingerprint density at radius 1 is 1.16 bits per heavy atom. The molecule has 0 saturated heterocycles. The van der Waals surface area contributed by atoms with Crippen LogP contribution in [0.5, 0.6) is 0 Å². The maximum absolute atomic E-state index is 11.5. The van der Waals surface area contributed by atoms with E-state index in [9.17, 15) is 9.59 Å². The van der Waals surface area contributed by atoms with Gasteiger partial charge in [-0.25, -0.2) is 4.79 Å². The van der Waals surface area contributed by atoms with Gasteiger partial charge in [0, 0.05) is 17.1 Å². The highest BCUT2D eigenvalue weighted by Crippen LogP contribution is 2.18. The van der Waals surface area contributed by atoms with Crippen molar-refractivity contribution in [2.24, 2.45) is 0 Å². The second-order valence-corrected chi connectivity index (χ2v) is 5.42. The summed E-state index contributed by atoms with van der Waals surface area (Å²) in [6, 6.07) is 7.65. The Morgan fingerprint density at radius 2 is 1.84 bits per heavy atom. The van der Waals surface area contributed by atoms with Crippen LogP contribution >= 0.6 is 15.9 Å². The largest absolute Gasteiger partial charge is 0.352 e. The van der Waals surface area contributed by atoms with Crippen LogP contribution in [0, 0.1) is 0 Å². The van der Waals surface area contributed by atoms with Crippen molar-refractivity contribution in [2.75, 3.05) is 6.54 Å². The molecule has 1 saturated carbocycles. The molecule has 0 heterocycles. The van der Waals surface area contributed by atoms with Crippen molar-refractivity contribution in [3.05, 3.63) is 34.3 Å². The van der Waals surface area contributed by atoms with Crippen molar-refractivity contribution in [2.45, 2.75) is 25.4 Å². The van der Waals surface area contributed by atoms with E-state index in [2.05, 4.69) is 31.9 Å². The maximum Gasteiger partial charge on any atom is 0.315 e. The van der Waals surface area contributed by atoms with Crippen molar-refractivity contribution in [1.82, 2.24) is 16.0 Å². The zero-order chi connectivity index (χ0) is 13.7. The third-order valence-electron chi connectivity index (χ3n) is 2.72. The van der Waals surface area contributed by atoms with Crippen molar-refractivity contribution < 1.29 is 9.59 Å². The van der Waals surface area contributed by atoms with E-state index in [1.807, 2.05) is 24.3 Å². The van der Waals surface area contributed by atoms with Crippen molar-refractivity contribution in [3.63, 3.8) is 0 Å². The second kappa shape index (κ2) is 6.56. The van der Waals surface area contributed by atoms with Gasteiger partial charge in [0.1, 0.15) is 0 Å². The SMILES string of the molecule is O=C(CNC(=O)NCc1ccc(Br)cc1)NC1CC1. The summed E-state index contributed by atoms with van der Waals surface area (Å²) in [5.74, 6) is -0.138. The number of carbonyl (C=O) groups is 2. The summed E-state index contributed by atoms with van der Waals surface area (Å²) >= 11 is 3.35. The molecule has 1 fully saturated rings.